The van der Waals surface area contributed by atoms with Crippen molar-refractivity contribution in [2.75, 3.05) is 0 Å². The fourth-order valence-electron chi connectivity index (χ4n) is 2.52. The maximum atomic E-state index is 14.0. The lowest BCUT2D eigenvalue weighted by Gasteiger charge is -1.99. The van der Waals surface area contributed by atoms with Gasteiger partial charge in [0.15, 0.2) is 5.78 Å². The van der Waals surface area contributed by atoms with Gasteiger partial charge in [0.1, 0.15) is 0 Å². The Kier molecular flexibility index (Phi) is 3.21. The van der Waals surface area contributed by atoms with Gasteiger partial charge in [0.2, 0.25) is 0 Å². The molecule has 0 saturated heterocycles. The Balaban J connectivity index is 1.88. The Labute approximate surface area is 123 Å². The Bertz CT molecular complexity index is 637. The number of ketones is 1. The van der Waals surface area contributed by atoms with E-state index in [2.05, 4.69) is 15.9 Å². The number of carbonyl (C=O) groups excluding carboxylic acids is 1. The summed E-state index contributed by atoms with van der Waals surface area (Å²) in [6.45, 7) is 0. The summed E-state index contributed by atoms with van der Waals surface area (Å²) >= 11 is 3.27. The van der Waals surface area contributed by atoms with Gasteiger partial charge in [0.05, 0.1) is 11.8 Å². The Morgan fingerprint density at radius 2 is 1.60 bits per heavy atom. The molecule has 0 amide bonds. The number of rotatable bonds is 3. The van der Waals surface area contributed by atoms with Gasteiger partial charge in [-0.3, -0.25) is 4.79 Å². The fraction of sp³-hybridized carbons (Fsp3) is 0.188. The highest BCUT2D eigenvalue weighted by Crippen LogP contribution is 2.62. The topological polar surface area (TPSA) is 17.1 Å². The molecule has 0 heterocycles. The molecule has 2 aromatic carbocycles. The van der Waals surface area contributed by atoms with Crippen molar-refractivity contribution in [2.45, 2.75) is 11.8 Å². The molecule has 0 N–H and O–H groups in total. The van der Waals surface area contributed by atoms with Crippen molar-refractivity contribution in [1.29, 1.82) is 0 Å². The lowest BCUT2D eigenvalue weighted by Crippen LogP contribution is -2.07. The van der Waals surface area contributed by atoms with Crippen molar-refractivity contribution in [3.63, 3.8) is 0 Å². The number of hydrogen-bond acceptors (Lipinski definition) is 1. The Morgan fingerprint density at radius 3 is 2.20 bits per heavy atom. The zero-order valence-electron chi connectivity index (χ0n) is 10.4. The summed E-state index contributed by atoms with van der Waals surface area (Å²) in [6.07, 6.45) is 0. The van der Waals surface area contributed by atoms with Gasteiger partial charge in [0.25, 0.3) is 5.92 Å². The van der Waals surface area contributed by atoms with Crippen LogP contribution in [0, 0.1) is 5.92 Å². The van der Waals surface area contributed by atoms with Gasteiger partial charge in [-0.2, -0.15) is 0 Å². The molecule has 102 valence electrons. The van der Waals surface area contributed by atoms with E-state index in [1.165, 1.54) is 0 Å². The molecule has 1 nitrogen and oxygen atoms in total. The molecule has 1 aliphatic carbocycles. The Morgan fingerprint density at radius 1 is 1.00 bits per heavy atom. The van der Waals surface area contributed by atoms with E-state index in [9.17, 15) is 13.6 Å². The molecule has 1 fully saturated rings. The molecule has 0 bridgehead atoms. The number of hydrogen-bond donors (Lipinski definition) is 0. The summed E-state index contributed by atoms with van der Waals surface area (Å²) in [4.78, 5) is 12.2. The lowest BCUT2D eigenvalue weighted by atomic mass is 10.0. The van der Waals surface area contributed by atoms with Crippen molar-refractivity contribution in [2.24, 2.45) is 5.92 Å². The molecule has 2 atom stereocenters. The van der Waals surface area contributed by atoms with Crippen LogP contribution in [-0.2, 0) is 0 Å². The normalized spacial score (nSPS) is 23.4. The highest BCUT2D eigenvalue weighted by atomic mass is 79.9. The predicted molar refractivity (Wildman–Crippen MR) is 76.1 cm³/mol. The SMILES string of the molecule is O=C(c1ccccc1)C1C(c2ccc(Br)cc2)C1(F)F. The van der Waals surface area contributed by atoms with Gasteiger partial charge >= 0.3 is 0 Å². The van der Waals surface area contributed by atoms with Crippen LogP contribution in [0.15, 0.2) is 59.1 Å². The van der Waals surface area contributed by atoms with Gasteiger partial charge in [-0.05, 0) is 17.7 Å². The molecule has 0 radical (unpaired) electrons. The third-order valence-electron chi connectivity index (χ3n) is 3.62. The molecule has 2 aromatic rings. The van der Waals surface area contributed by atoms with E-state index in [4.69, 9.17) is 0 Å². The molecule has 1 aliphatic rings. The van der Waals surface area contributed by atoms with Crippen molar-refractivity contribution in [1.82, 2.24) is 0 Å². The first-order valence-corrected chi connectivity index (χ1v) is 7.03. The number of alkyl halides is 2. The lowest BCUT2D eigenvalue weighted by molar-refractivity contribution is 0.0742. The van der Waals surface area contributed by atoms with Crippen LogP contribution >= 0.6 is 15.9 Å². The number of carbonyl (C=O) groups is 1. The quantitative estimate of drug-likeness (QED) is 0.743. The van der Waals surface area contributed by atoms with E-state index < -0.39 is 23.5 Å². The molecule has 0 aromatic heterocycles. The van der Waals surface area contributed by atoms with Crippen molar-refractivity contribution in [3.8, 4) is 0 Å². The summed E-state index contributed by atoms with van der Waals surface area (Å²) in [5.41, 5.74) is 0.851. The van der Waals surface area contributed by atoms with Crippen LogP contribution in [0.1, 0.15) is 21.8 Å². The van der Waals surface area contributed by atoms with Crippen LogP contribution in [0.2, 0.25) is 0 Å². The first kappa shape index (κ1) is 13.4. The van der Waals surface area contributed by atoms with Crippen LogP contribution < -0.4 is 0 Å². The molecule has 1 saturated carbocycles. The second kappa shape index (κ2) is 4.77. The smallest absolute Gasteiger partial charge is 0.266 e. The minimum absolute atomic E-state index is 0.344. The second-order valence-corrected chi connectivity index (χ2v) is 5.83. The predicted octanol–water partition coefficient (Wildman–Crippen LogP) is 4.68. The summed E-state index contributed by atoms with van der Waals surface area (Å²) < 4.78 is 28.7. The van der Waals surface area contributed by atoms with E-state index in [-0.39, 0.29) is 0 Å². The monoisotopic (exact) mass is 336 g/mol. The van der Waals surface area contributed by atoms with Gasteiger partial charge in [-0.15, -0.1) is 0 Å². The summed E-state index contributed by atoms with van der Waals surface area (Å²) in [5.74, 6) is -5.70. The molecular weight excluding hydrogens is 326 g/mol. The average Bonchev–Trinajstić information content (AvgIpc) is 3.02. The molecule has 4 heteroatoms. The fourth-order valence-corrected chi connectivity index (χ4v) is 2.78. The zero-order valence-corrected chi connectivity index (χ0v) is 12.0. The number of halogens is 3. The van der Waals surface area contributed by atoms with Crippen LogP contribution in [0.4, 0.5) is 8.78 Å². The Hall–Kier alpha value is -1.55. The van der Waals surface area contributed by atoms with E-state index in [0.717, 1.165) is 4.47 Å². The van der Waals surface area contributed by atoms with Crippen LogP contribution in [0.25, 0.3) is 0 Å². The largest absolute Gasteiger partial charge is 0.294 e. The maximum Gasteiger partial charge on any atom is 0.266 e. The number of benzene rings is 2. The van der Waals surface area contributed by atoms with Gasteiger partial charge in [-0.1, -0.05) is 58.4 Å². The molecule has 0 spiro atoms. The molecule has 20 heavy (non-hydrogen) atoms. The second-order valence-electron chi connectivity index (χ2n) is 4.91. The van der Waals surface area contributed by atoms with E-state index >= 15 is 0 Å². The maximum absolute atomic E-state index is 14.0. The number of Topliss-reactive ketones (excluding diaryl/α,β-unsaturated/α-hetero) is 1. The van der Waals surface area contributed by atoms with Crippen molar-refractivity contribution in [3.05, 3.63) is 70.2 Å². The van der Waals surface area contributed by atoms with Gasteiger partial charge < -0.3 is 0 Å². The minimum Gasteiger partial charge on any atom is -0.294 e. The van der Waals surface area contributed by atoms with E-state index in [1.807, 2.05) is 0 Å². The van der Waals surface area contributed by atoms with Gasteiger partial charge in [-0.25, -0.2) is 8.78 Å². The van der Waals surface area contributed by atoms with Crippen LogP contribution in [0.5, 0.6) is 0 Å². The zero-order chi connectivity index (χ0) is 14.3. The summed E-state index contributed by atoms with van der Waals surface area (Å²) in [7, 11) is 0. The van der Waals surface area contributed by atoms with Crippen LogP contribution in [-0.4, -0.2) is 11.7 Å². The first-order valence-electron chi connectivity index (χ1n) is 6.24. The highest BCUT2D eigenvalue weighted by molar-refractivity contribution is 9.10. The highest BCUT2D eigenvalue weighted by Gasteiger charge is 2.71. The molecule has 0 aliphatic heterocycles. The van der Waals surface area contributed by atoms with Crippen molar-refractivity contribution >= 4 is 21.7 Å². The molecule has 2 unspecified atom stereocenters. The van der Waals surface area contributed by atoms with E-state index in [1.54, 1.807) is 54.6 Å². The minimum atomic E-state index is -2.96. The summed E-state index contributed by atoms with van der Waals surface area (Å²) in [6, 6.07) is 15.0. The van der Waals surface area contributed by atoms with E-state index in [0.29, 0.717) is 11.1 Å². The van der Waals surface area contributed by atoms with Crippen molar-refractivity contribution < 1.29 is 13.6 Å². The van der Waals surface area contributed by atoms with Gasteiger partial charge in [0, 0.05) is 10.0 Å². The molecular formula is C16H11BrF2O. The standard InChI is InChI=1S/C16H11BrF2O/c17-12-8-6-10(7-9-12)13-14(16(13,18)19)15(20)11-4-2-1-3-5-11/h1-9,13-14H. The average molecular weight is 337 g/mol. The third-order valence-corrected chi connectivity index (χ3v) is 4.15. The first-order chi connectivity index (χ1) is 9.51. The third kappa shape index (κ3) is 2.18. The molecule has 3 rings (SSSR count). The summed E-state index contributed by atoms with van der Waals surface area (Å²) in [5, 5.41) is 0. The van der Waals surface area contributed by atoms with Crippen LogP contribution in [0.3, 0.4) is 0 Å².